The second-order valence-corrected chi connectivity index (χ2v) is 6.44. The quantitative estimate of drug-likeness (QED) is 0.674. The minimum Gasteiger partial charge on any atom is -0.202 e. The van der Waals surface area contributed by atoms with Gasteiger partial charge in [-0.3, -0.25) is 0 Å². The lowest BCUT2D eigenvalue weighted by atomic mass is 10.2. The molecule has 1 fully saturated rings. The van der Waals surface area contributed by atoms with Crippen molar-refractivity contribution in [3.05, 3.63) is 0 Å². The van der Waals surface area contributed by atoms with Crippen molar-refractivity contribution in [1.29, 1.82) is 0 Å². The zero-order chi connectivity index (χ0) is 12.2. The molecule has 0 atom stereocenters. The highest BCUT2D eigenvalue weighted by molar-refractivity contribution is 7.87. The lowest BCUT2D eigenvalue weighted by molar-refractivity contribution is 0.417. The molecule has 0 amide bonds. The van der Waals surface area contributed by atoms with E-state index in [9.17, 15) is 8.42 Å². The Balaban J connectivity index is 2.56. The molecule has 5 heteroatoms. The minimum absolute atomic E-state index is 0.157. The predicted molar refractivity (Wildman–Crippen MR) is 64.9 cm³/mol. The molecule has 0 saturated heterocycles. The lowest BCUT2D eigenvalue weighted by Gasteiger charge is -2.20. The molecular formula is C11H20N2O2S. The summed E-state index contributed by atoms with van der Waals surface area (Å²) in [5.74, 6) is 3.20. The van der Waals surface area contributed by atoms with Gasteiger partial charge in [0.1, 0.15) is 0 Å². The molecule has 0 aromatic carbocycles. The van der Waals surface area contributed by atoms with Gasteiger partial charge in [0.25, 0.3) is 10.2 Å². The Morgan fingerprint density at radius 2 is 2.12 bits per heavy atom. The SMILES string of the molecule is C#CCN(CC1CC1)S(=O)(=O)NCC(C)C. The van der Waals surface area contributed by atoms with E-state index in [1.54, 1.807) is 0 Å². The molecule has 1 rings (SSSR count). The van der Waals surface area contributed by atoms with E-state index in [2.05, 4.69) is 10.6 Å². The summed E-state index contributed by atoms with van der Waals surface area (Å²) in [5.41, 5.74) is 0. The lowest BCUT2D eigenvalue weighted by Crippen LogP contribution is -2.43. The van der Waals surface area contributed by atoms with Crippen molar-refractivity contribution in [3.8, 4) is 12.3 Å². The van der Waals surface area contributed by atoms with Gasteiger partial charge in [0.05, 0.1) is 6.54 Å². The van der Waals surface area contributed by atoms with Gasteiger partial charge in [-0.25, -0.2) is 4.72 Å². The molecule has 0 radical (unpaired) electrons. The number of nitrogens with one attached hydrogen (secondary N) is 1. The molecule has 0 aliphatic heterocycles. The van der Waals surface area contributed by atoms with E-state index in [4.69, 9.17) is 6.42 Å². The highest BCUT2D eigenvalue weighted by Crippen LogP contribution is 2.30. The standard InChI is InChI=1S/C11H20N2O2S/c1-4-7-13(9-11-5-6-11)16(14,15)12-8-10(2)3/h1,10-12H,5-9H2,2-3H3. The van der Waals surface area contributed by atoms with E-state index in [0.29, 0.717) is 24.9 Å². The first-order chi connectivity index (χ1) is 7.45. The molecule has 1 aliphatic carbocycles. The normalized spacial score (nSPS) is 16.7. The van der Waals surface area contributed by atoms with Crippen LogP contribution in [0.15, 0.2) is 0 Å². The fourth-order valence-electron chi connectivity index (χ4n) is 1.30. The van der Waals surface area contributed by atoms with Gasteiger partial charge in [-0.2, -0.15) is 12.7 Å². The Hall–Kier alpha value is -0.570. The topological polar surface area (TPSA) is 49.4 Å². The van der Waals surface area contributed by atoms with Gasteiger partial charge in [0, 0.05) is 13.1 Å². The van der Waals surface area contributed by atoms with Gasteiger partial charge in [-0.1, -0.05) is 19.8 Å². The van der Waals surface area contributed by atoms with Crippen LogP contribution in [0.4, 0.5) is 0 Å². The van der Waals surface area contributed by atoms with Crippen LogP contribution in [-0.2, 0) is 10.2 Å². The summed E-state index contributed by atoms with van der Waals surface area (Å²) in [4.78, 5) is 0. The molecule has 4 nitrogen and oxygen atoms in total. The molecule has 1 aliphatic rings. The first kappa shape index (κ1) is 13.5. The third-order valence-corrected chi connectivity index (χ3v) is 3.93. The zero-order valence-corrected chi connectivity index (χ0v) is 10.8. The molecule has 1 N–H and O–H groups in total. The van der Waals surface area contributed by atoms with Crippen LogP contribution >= 0.6 is 0 Å². The van der Waals surface area contributed by atoms with Crippen molar-refractivity contribution in [3.63, 3.8) is 0 Å². The van der Waals surface area contributed by atoms with Crippen molar-refractivity contribution in [2.75, 3.05) is 19.6 Å². The third kappa shape index (κ3) is 4.52. The highest BCUT2D eigenvalue weighted by atomic mass is 32.2. The van der Waals surface area contributed by atoms with Crippen molar-refractivity contribution in [2.24, 2.45) is 11.8 Å². The van der Waals surface area contributed by atoms with Gasteiger partial charge in [0.2, 0.25) is 0 Å². The van der Waals surface area contributed by atoms with Crippen LogP contribution in [0.1, 0.15) is 26.7 Å². The van der Waals surface area contributed by atoms with Crippen molar-refractivity contribution >= 4 is 10.2 Å². The molecule has 92 valence electrons. The smallest absolute Gasteiger partial charge is 0.202 e. The van der Waals surface area contributed by atoms with E-state index in [1.807, 2.05) is 13.8 Å². The Labute approximate surface area is 98.6 Å². The third-order valence-electron chi connectivity index (χ3n) is 2.44. The van der Waals surface area contributed by atoms with Crippen LogP contribution in [-0.4, -0.2) is 32.4 Å². The number of rotatable bonds is 7. The average molecular weight is 244 g/mol. The van der Waals surface area contributed by atoms with Crippen molar-refractivity contribution in [1.82, 2.24) is 9.03 Å². The molecule has 0 unspecified atom stereocenters. The second kappa shape index (κ2) is 5.67. The van der Waals surface area contributed by atoms with Crippen LogP contribution in [0.5, 0.6) is 0 Å². The van der Waals surface area contributed by atoms with Gasteiger partial charge >= 0.3 is 0 Å². The highest BCUT2D eigenvalue weighted by Gasteiger charge is 2.29. The Kier molecular flexibility index (Phi) is 4.78. The molecule has 0 aromatic heterocycles. The van der Waals surface area contributed by atoms with Crippen molar-refractivity contribution in [2.45, 2.75) is 26.7 Å². The molecule has 1 saturated carbocycles. The maximum absolute atomic E-state index is 11.9. The summed E-state index contributed by atoms with van der Waals surface area (Å²) in [6.45, 7) is 5.10. The summed E-state index contributed by atoms with van der Waals surface area (Å²) in [6, 6.07) is 0. The van der Waals surface area contributed by atoms with E-state index in [1.165, 1.54) is 4.31 Å². The molecule has 0 heterocycles. The summed E-state index contributed by atoms with van der Waals surface area (Å²) < 4.78 is 27.8. The van der Waals surface area contributed by atoms with E-state index in [-0.39, 0.29) is 6.54 Å². The first-order valence-electron chi connectivity index (χ1n) is 5.64. The van der Waals surface area contributed by atoms with Gasteiger partial charge in [0.15, 0.2) is 0 Å². The van der Waals surface area contributed by atoms with Crippen LogP contribution in [0.2, 0.25) is 0 Å². The monoisotopic (exact) mass is 244 g/mol. The van der Waals surface area contributed by atoms with E-state index >= 15 is 0 Å². The second-order valence-electron chi connectivity index (χ2n) is 4.69. The fourth-order valence-corrected chi connectivity index (χ4v) is 2.68. The first-order valence-corrected chi connectivity index (χ1v) is 7.08. The van der Waals surface area contributed by atoms with E-state index < -0.39 is 10.2 Å². The van der Waals surface area contributed by atoms with Gasteiger partial charge < -0.3 is 0 Å². The van der Waals surface area contributed by atoms with Crippen LogP contribution in [0.3, 0.4) is 0 Å². The predicted octanol–water partition coefficient (Wildman–Crippen LogP) is 0.822. The summed E-state index contributed by atoms with van der Waals surface area (Å²) in [6.07, 6.45) is 7.42. The Morgan fingerprint density at radius 3 is 2.56 bits per heavy atom. The number of hydrogen-bond donors (Lipinski definition) is 1. The largest absolute Gasteiger partial charge is 0.280 e. The molecule has 0 aromatic rings. The number of hydrogen-bond acceptors (Lipinski definition) is 2. The van der Waals surface area contributed by atoms with Gasteiger partial charge in [-0.05, 0) is 24.7 Å². The minimum atomic E-state index is -3.39. The summed E-state index contributed by atoms with van der Waals surface area (Å²) in [5, 5.41) is 0. The molecule has 0 spiro atoms. The van der Waals surface area contributed by atoms with Crippen LogP contribution in [0.25, 0.3) is 0 Å². The van der Waals surface area contributed by atoms with Gasteiger partial charge in [-0.15, -0.1) is 6.42 Å². The Morgan fingerprint density at radius 1 is 1.50 bits per heavy atom. The van der Waals surface area contributed by atoms with Crippen LogP contribution < -0.4 is 4.72 Å². The fraction of sp³-hybridized carbons (Fsp3) is 0.818. The maximum atomic E-state index is 11.9. The Bertz CT molecular complexity index is 353. The molecule has 16 heavy (non-hydrogen) atoms. The summed E-state index contributed by atoms with van der Waals surface area (Å²) in [7, 11) is -3.39. The maximum Gasteiger partial charge on any atom is 0.280 e. The molecular weight excluding hydrogens is 224 g/mol. The summed E-state index contributed by atoms with van der Waals surface area (Å²) >= 11 is 0. The zero-order valence-electron chi connectivity index (χ0n) is 9.94. The average Bonchev–Trinajstić information content (AvgIpc) is 2.98. The van der Waals surface area contributed by atoms with Crippen molar-refractivity contribution < 1.29 is 8.42 Å². The van der Waals surface area contributed by atoms with E-state index in [0.717, 1.165) is 12.8 Å². The number of nitrogens with zero attached hydrogens (tertiary/aromatic N) is 1. The molecule has 0 bridgehead atoms. The number of terminal acetylenes is 1. The van der Waals surface area contributed by atoms with Crippen LogP contribution in [0, 0.1) is 24.2 Å².